The number of imidazole rings is 1. The van der Waals surface area contributed by atoms with Crippen molar-refractivity contribution in [1.82, 2.24) is 19.5 Å². The summed E-state index contributed by atoms with van der Waals surface area (Å²) in [5, 5.41) is 19.3. The number of alkyl halides is 2. The summed E-state index contributed by atoms with van der Waals surface area (Å²) < 4.78 is 5.28. The number of fused-ring (bicyclic) bond motifs is 1. The highest BCUT2D eigenvalue weighted by molar-refractivity contribution is 6.49. The topological polar surface area (TPSA) is 93.3 Å². The lowest BCUT2D eigenvalue weighted by atomic mass is 10.2. The van der Waals surface area contributed by atoms with Gasteiger partial charge in [-0.15, -0.1) is 0 Å². The molecule has 10 heteroatoms. The number of hydrogen-bond donors (Lipinski definition) is 2. The second kappa shape index (κ2) is 4.94. The highest BCUT2D eigenvalue weighted by Crippen LogP contribution is 2.47. The maximum atomic E-state index is 9.97. The van der Waals surface area contributed by atoms with Crippen LogP contribution in [0.4, 0.5) is 0 Å². The fourth-order valence-corrected chi connectivity index (χ4v) is 2.88. The van der Waals surface area contributed by atoms with E-state index in [4.69, 9.17) is 44.6 Å². The average Bonchev–Trinajstić information content (AvgIpc) is 2.92. The van der Waals surface area contributed by atoms with Gasteiger partial charge in [0.15, 0.2) is 21.4 Å². The number of ether oxygens (including phenoxy) is 1. The standard InChI is InChI=1S/C10H9Cl3N4O3/c11-7-5-8(15-2-14-7)17(3-16-5)9-10(12,13)6(19)4(1-18)20-9/h2-4,6,9,18-19H,1H2. The van der Waals surface area contributed by atoms with Crippen LogP contribution in [0.15, 0.2) is 12.7 Å². The van der Waals surface area contributed by atoms with Gasteiger partial charge in [0, 0.05) is 0 Å². The third kappa shape index (κ3) is 1.97. The maximum Gasteiger partial charge on any atom is 0.191 e. The number of nitrogens with zero attached hydrogens (tertiary/aromatic N) is 4. The molecule has 0 radical (unpaired) electrons. The Kier molecular flexibility index (Phi) is 3.52. The van der Waals surface area contributed by atoms with E-state index in [-0.39, 0.29) is 5.15 Å². The second-order valence-corrected chi connectivity index (χ2v) is 6.12. The molecular weight excluding hydrogens is 330 g/mol. The lowest BCUT2D eigenvalue weighted by molar-refractivity contribution is -0.0434. The second-order valence-electron chi connectivity index (χ2n) is 4.32. The first-order valence-electron chi connectivity index (χ1n) is 5.62. The molecule has 0 aliphatic carbocycles. The molecule has 1 saturated heterocycles. The number of rotatable bonds is 2. The maximum absolute atomic E-state index is 9.97. The monoisotopic (exact) mass is 338 g/mol. The van der Waals surface area contributed by atoms with E-state index in [2.05, 4.69) is 15.0 Å². The average molecular weight is 340 g/mol. The van der Waals surface area contributed by atoms with Crippen LogP contribution < -0.4 is 0 Å². The summed E-state index contributed by atoms with van der Waals surface area (Å²) in [5.41, 5.74) is 0.732. The Morgan fingerprint density at radius 2 is 2.10 bits per heavy atom. The van der Waals surface area contributed by atoms with Crippen molar-refractivity contribution in [1.29, 1.82) is 0 Å². The van der Waals surface area contributed by atoms with Crippen LogP contribution in [0.1, 0.15) is 6.23 Å². The summed E-state index contributed by atoms with van der Waals surface area (Å²) in [4.78, 5) is 11.9. The molecule has 3 rings (SSSR count). The fraction of sp³-hybridized carbons (Fsp3) is 0.500. The fourth-order valence-electron chi connectivity index (χ4n) is 2.11. The molecule has 0 bridgehead atoms. The minimum Gasteiger partial charge on any atom is -0.394 e. The van der Waals surface area contributed by atoms with Crippen molar-refractivity contribution in [3.05, 3.63) is 17.8 Å². The highest BCUT2D eigenvalue weighted by atomic mass is 35.5. The van der Waals surface area contributed by atoms with Crippen LogP contribution in [0, 0.1) is 0 Å². The van der Waals surface area contributed by atoms with Gasteiger partial charge in [-0.1, -0.05) is 34.8 Å². The first-order chi connectivity index (χ1) is 9.46. The molecule has 1 fully saturated rings. The summed E-state index contributed by atoms with van der Waals surface area (Å²) in [5.74, 6) is 0. The summed E-state index contributed by atoms with van der Waals surface area (Å²) in [6.45, 7) is -0.415. The molecule has 1 aliphatic heterocycles. The molecule has 0 aromatic carbocycles. The van der Waals surface area contributed by atoms with Gasteiger partial charge in [-0.2, -0.15) is 0 Å². The summed E-state index contributed by atoms with van der Waals surface area (Å²) in [6, 6.07) is 0. The highest BCUT2D eigenvalue weighted by Gasteiger charge is 2.55. The van der Waals surface area contributed by atoms with Crippen molar-refractivity contribution < 1.29 is 14.9 Å². The van der Waals surface area contributed by atoms with Gasteiger partial charge < -0.3 is 14.9 Å². The molecule has 2 aromatic rings. The molecule has 2 aromatic heterocycles. The van der Waals surface area contributed by atoms with Crippen LogP contribution in [0.25, 0.3) is 11.2 Å². The lowest BCUT2D eigenvalue weighted by Gasteiger charge is -2.23. The minimum absolute atomic E-state index is 0.181. The van der Waals surface area contributed by atoms with E-state index in [0.717, 1.165) is 0 Å². The van der Waals surface area contributed by atoms with Crippen molar-refractivity contribution in [2.45, 2.75) is 22.8 Å². The Morgan fingerprint density at radius 3 is 2.75 bits per heavy atom. The van der Waals surface area contributed by atoms with Gasteiger partial charge in [0.05, 0.1) is 12.9 Å². The van der Waals surface area contributed by atoms with Gasteiger partial charge >= 0.3 is 0 Å². The van der Waals surface area contributed by atoms with Crippen LogP contribution in [0.3, 0.4) is 0 Å². The van der Waals surface area contributed by atoms with Gasteiger partial charge in [-0.25, -0.2) is 15.0 Å². The van der Waals surface area contributed by atoms with Crippen molar-refractivity contribution in [2.75, 3.05) is 6.61 Å². The summed E-state index contributed by atoms with van der Waals surface area (Å²) >= 11 is 18.2. The summed E-state index contributed by atoms with van der Waals surface area (Å²) in [7, 11) is 0. The molecule has 108 valence electrons. The van der Waals surface area contributed by atoms with E-state index in [0.29, 0.717) is 11.2 Å². The largest absolute Gasteiger partial charge is 0.394 e. The predicted molar refractivity (Wildman–Crippen MR) is 71.8 cm³/mol. The van der Waals surface area contributed by atoms with Crippen molar-refractivity contribution in [3.63, 3.8) is 0 Å². The van der Waals surface area contributed by atoms with Crippen molar-refractivity contribution in [3.8, 4) is 0 Å². The first kappa shape index (κ1) is 14.2. The molecule has 7 nitrogen and oxygen atoms in total. The molecule has 3 heterocycles. The molecule has 20 heavy (non-hydrogen) atoms. The normalized spacial score (nSPS) is 29.1. The Morgan fingerprint density at radius 1 is 1.35 bits per heavy atom. The van der Waals surface area contributed by atoms with Crippen molar-refractivity contribution in [2.24, 2.45) is 0 Å². The van der Waals surface area contributed by atoms with Gasteiger partial charge in [-0.3, -0.25) is 4.57 Å². The van der Waals surface area contributed by atoms with Crippen LogP contribution in [0.5, 0.6) is 0 Å². The number of aliphatic hydroxyl groups is 2. The molecule has 0 saturated carbocycles. The lowest BCUT2D eigenvalue weighted by Crippen LogP contribution is -2.37. The van der Waals surface area contributed by atoms with Crippen LogP contribution in [0.2, 0.25) is 5.15 Å². The van der Waals surface area contributed by atoms with E-state index in [1.165, 1.54) is 17.2 Å². The zero-order valence-electron chi connectivity index (χ0n) is 9.82. The van der Waals surface area contributed by atoms with Crippen LogP contribution in [-0.2, 0) is 4.74 Å². The third-order valence-corrected chi connectivity index (χ3v) is 4.22. The molecule has 3 atom stereocenters. The summed E-state index contributed by atoms with van der Waals surface area (Å²) in [6.07, 6.45) is -0.460. The Hall–Kier alpha value is -0.700. The van der Waals surface area contributed by atoms with Crippen molar-refractivity contribution >= 4 is 46.0 Å². The van der Waals surface area contributed by atoms with E-state index in [1.807, 2.05) is 0 Å². The molecule has 3 unspecified atom stereocenters. The molecular formula is C10H9Cl3N4O3. The third-order valence-electron chi connectivity index (χ3n) is 3.13. The van der Waals surface area contributed by atoms with E-state index >= 15 is 0 Å². The smallest absolute Gasteiger partial charge is 0.191 e. The predicted octanol–water partition coefficient (Wildman–Crippen LogP) is 0.904. The van der Waals surface area contributed by atoms with Gasteiger partial charge in [0.25, 0.3) is 0 Å². The SMILES string of the molecule is OCC1OC(n2cnc3c(Cl)ncnc32)C(Cl)(Cl)C1O. The molecule has 2 N–H and O–H groups in total. The molecule has 0 amide bonds. The zero-order valence-corrected chi connectivity index (χ0v) is 12.1. The molecule has 1 aliphatic rings. The number of aromatic nitrogens is 4. The quantitative estimate of drug-likeness (QED) is 0.624. The number of aliphatic hydroxyl groups excluding tert-OH is 2. The van der Waals surface area contributed by atoms with Gasteiger partial charge in [-0.05, 0) is 0 Å². The van der Waals surface area contributed by atoms with E-state index in [1.54, 1.807) is 0 Å². The van der Waals surface area contributed by atoms with E-state index < -0.39 is 29.4 Å². The zero-order chi connectivity index (χ0) is 14.5. The number of hydrogen-bond acceptors (Lipinski definition) is 6. The molecule has 0 spiro atoms. The van der Waals surface area contributed by atoms with Gasteiger partial charge in [0.1, 0.15) is 24.1 Å². The number of halogens is 3. The minimum atomic E-state index is -1.65. The first-order valence-corrected chi connectivity index (χ1v) is 6.75. The van der Waals surface area contributed by atoms with Crippen LogP contribution in [-0.4, -0.2) is 52.9 Å². The Labute approximate surface area is 128 Å². The van der Waals surface area contributed by atoms with Gasteiger partial charge in [0.2, 0.25) is 0 Å². The Balaban J connectivity index is 2.10. The van der Waals surface area contributed by atoms with Crippen LogP contribution >= 0.6 is 34.8 Å². The van der Waals surface area contributed by atoms with E-state index in [9.17, 15) is 5.11 Å². The Bertz CT molecular complexity index is 650.